The minimum atomic E-state index is 0.533. The van der Waals surface area contributed by atoms with Gasteiger partial charge < -0.3 is 9.26 Å². The number of nitrogens with zero attached hydrogens (tertiary/aromatic N) is 5. The smallest absolute Gasteiger partial charge is 0.230 e. The van der Waals surface area contributed by atoms with Gasteiger partial charge in [-0.2, -0.15) is 15.1 Å². The van der Waals surface area contributed by atoms with Crippen LogP contribution in [-0.4, -0.2) is 24.7 Å². The fourth-order valence-corrected chi connectivity index (χ4v) is 3.02. The molecule has 132 valence electrons. The fraction of sp³-hybridized carbons (Fsp3) is 0.100. The zero-order valence-electron chi connectivity index (χ0n) is 14.7. The van der Waals surface area contributed by atoms with Crippen molar-refractivity contribution in [1.82, 2.24) is 24.7 Å². The van der Waals surface area contributed by atoms with E-state index in [9.17, 15) is 0 Å². The van der Waals surface area contributed by atoms with Gasteiger partial charge in [-0.1, -0.05) is 17.3 Å². The average Bonchev–Trinajstić information content (AvgIpc) is 3.27. The highest BCUT2D eigenvalue weighted by molar-refractivity contribution is 5.86. The number of rotatable bonds is 3. The van der Waals surface area contributed by atoms with Gasteiger partial charge in [-0.25, -0.2) is 4.52 Å². The van der Waals surface area contributed by atoms with Crippen molar-refractivity contribution < 1.29 is 9.26 Å². The highest BCUT2D eigenvalue weighted by atomic mass is 16.5. The maximum atomic E-state index is 6.09. The summed E-state index contributed by atoms with van der Waals surface area (Å²) < 4.78 is 12.9. The third-order valence-corrected chi connectivity index (χ3v) is 4.25. The second-order valence-corrected chi connectivity index (χ2v) is 6.25. The predicted octanol–water partition coefficient (Wildman–Crippen LogP) is 4.34. The Morgan fingerprint density at radius 1 is 0.963 bits per heavy atom. The van der Waals surface area contributed by atoms with Crippen LogP contribution in [0.1, 0.15) is 11.6 Å². The molecule has 0 radical (unpaired) electrons. The molecule has 0 amide bonds. The minimum absolute atomic E-state index is 0.533. The summed E-state index contributed by atoms with van der Waals surface area (Å²) in [4.78, 5) is 8.87. The summed E-state index contributed by atoms with van der Waals surface area (Å²) in [6.45, 7) is 3.71. The van der Waals surface area contributed by atoms with Gasteiger partial charge in [-0.15, -0.1) is 0 Å². The van der Waals surface area contributed by atoms with E-state index in [0.29, 0.717) is 23.3 Å². The van der Waals surface area contributed by atoms with Crippen molar-refractivity contribution in [2.75, 3.05) is 0 Å². The molecule has 0 saturated carbocycles. The lowest BCUT2D eigenvalue weighted by Gasteiger charge is -2.09. The number of hydrogen-bond donors (Lipinski definition) is 0. The maximum Gasteiger partial charge on any atom is 0.230 e. The maximum absolute atomic E-state index is 6.09. The van der Waals surface area contributed by atoms with Gasteiger partial charge in [0.2, 0.25) is 17.6 Å². The number of hydrogen-bond acceptors (Lipinski definition) is 6. The van der Waals surface area contributed by atoms with E-state index in [1.54, 1.807) is 6.92 Å². The molecule has 27 heavy (non-hydrogen) atoms. The zero-order chi connectivity index (χ0) is 18.4. The number of benzene rings is 2. The van der Waals surface area contributed by atoms with Crippen LogP contribution in [-0.2, 0) is 0 Å². The molecule has 0 atom stereocenters. The molecule has 3 heterocycles. The van der Waals surface area contributed by atoms with Crippen LogP contribution in [0.25, 0.3) is 27.9 Å². The van der Waals surface area contributed by atoms with Gasteiger partial charge in [0.15, 0.2) is 5.65 Å². The summed E-state index contributed by atoms with van der Waals surface area (Å²) in [5.41, 5.74) is 3.47. The van der Waals surface area contributed by atoms with E-state index in [-0.39, 0.29) is 0 Å². The average molecular weight is 357 g/mol. The highest BCUT2D eigenvalue weighted by Gasteiger charge is 2.12. The lowest BCUT2D eigenvalue weighted by atomic mass is 10.2. The quantitative estimate of drug-likeness (QED) is 0.478. The molecule has 7 heteroatoms. The van der Waals surface area contributed by atoms with E-state index in [1.165, 1.54) is 0 Å². The van der Waals surface area contributed by atoms with Crippen molar-refractivity contribution in [3.63, 3.8) is 0 Å². The number of aryl methyl sites for hydroxylation is 2. The SMILES string of the molecule is Cc1cc2nc(Oc3ccc(-c4noc(C)n4)cc3)c3ccccc3n2n1. The Kier molecular flexibility index (Phi) is 3.39. The van der Waals surface area contributed by atoms with Gasteiger partial charge in [0.05, 0.1) is 16.6 Å². The second-order valence-electron chi connectivity index (χ2n) is 6.25. The first-order valence-corrected chi connectivity index (χ1v) is 8.51. The van der Waals surface area contributed by atoms with Gasteiger partial charge in [0, 0.05) is 18.6 Å². The third-order valence-electron chi connectivity index (χ3n) is 4.25. The molecule has 0 aliphatic carbocycles. The summed E-state index contributed by atoms with van der Waals surface area (Å²) in [7, 11) is 0. The van der Waals surface area contributed by atoms with E-state index in [4.69, 9.17) is 9.26 Å². The van der Waals surface area contributed by atoms with Crippen LogP contribution >= 0.6 is 0 Å². The number of fused-ring (bicyclic) bond motifs is 3. The molecule has 5 aromatic rings. The fourth-order valence-electron chi connectivity index (χ4n) is 3.02. The first-order valence-electron chi connectivity index (χ1n) is 8.51. The largest absolute Gasteiger partial charge is 0.438 e. The summed E-state index contributed by atoms with van der Waals surface area (Å²) in [6.07, 6.45) is 0. The molecule has 0 unspecified atom stereocenters. The van der Waals surface area contributed by atoms with Gasteiger partial charge in [-0.3, -0.25) is 0 Å². The van der Waals surface area contributed by atoms with E-state index in [0.717, 1.165) is 27.8 Å². The van der Waals surface area contributed by atoms with Crippen LogP contribution in [0.15, 0.2) is 59.1 Å². The predicted molar refractivity (Wildman–Crippen MR) is 99.8 cm³/mol. The lowest BCUT2D eigenvalue weighted by Crippen LogP contribution is -1.97. The van der Waals surface area contributed by atoms with Crippen LogP contribution in [0.4, 0.5) is 0 Å². The van der Waals surface area contributed by atoms with Crippen molar-refractivity contribution in [2.24, 2.45) is 0 Å². The molecule has 0 bridgehead atoms. The van der Waals surface area contributed by atoms with Crippen molar-refractivity contribution in [3.05, 3.63) is 66.2 Å². The topological polar surface area (TPSA) is 78.3 Å². The molecular formula is C20H15N5O2. The summed E-state index contributed by atoms with van der Waals surface area (Å²) in [5, 5.41) is 9.33. The van der Waals surface area contributed by atoms with Crippen LogP contribution in [0.5, 0.6) is 11.6 Å². The van der Waals surface area contributed by atoms with Crippen molar-refractivity contribution in [1.29, 1.82) is 0 Å². The first-order chi connectivity index (χ1) is 13.2. The molecule has 0 aliphatic rings. The van der Waals surface area contributed by atoms with E-state index in [1.807, 2.05) is 66.0 Å². The highest BCUT2D eigenvalue weighted by Crippen LogP contribution is 2.30. The molecular weight excluding hydrogens is 342 g/mol. The Bertz CT molecular complexity index is 1270. The Balaban J connectivity index is 1.55. The minimum Gasteiger partial charge on any atom is -0.438 e. The Labute approximate surface area is 154 Å². The number of para-hydroxylation sites is 1. The summed E-state index contributed by atoms with van der Waals surface area (Å²) in [5.74, 6) is 2.31. The van der Waals surface area contributed by atoms with Crippen molar-refractivity contribution >= 4 is 16.6 Å². The first kappa shape index (κ1) is 15.5. The van der Waals surface area contributed by atoms with E-state index < -0.39 is 0 Å². The Hall–Kier alpha value is -3.74. The number of ether oxygens (including phenoxy) is 1. The van der Waals surface area contributed by atoms with Crippen molar-refractivity contribution in [3.8, 4) is 23.0 Å². The molecule has 0 fully saturated rings. The molecule has 2 aromatic carbocycles. The monoisotopic (exact) mass is 357 g/mol. The molecule has 0 aliphatic heterocycles. The molecule has 0 saturated heterocycles. The Morgan fingerprint density at radius 2 is 1.78 bits per heavy atom. The summed E-state index contributed by atoms with van der Waals surface area (Å²) in [6, 6.07) is 17.4. The van der Waals surface area contributed by atoms with Crippen molar-refractivity contribution in [2.45, 2.75) is 13.8 Å². The van der Waals surface area contributed by atoms with Crippen LogP contribution in [0.3, 0.4) is 0 Å². The molecule has 5 rings (SSSR count). The third kappa shape index (κ3) is 2.69. The van der Waals surface area contributed by atoms with Gasteiger partial charge >= 0.3 is 0 Å². The van der Waals surface area contributed by atoms with E-state index in [2.05, 4.69) is 20.2 Å². The molecule has 3 aromatic heterocycles. The number of aromatic nitrogens is 5. The molecule has 0 spiro atoms. The summed E-state index contributed by atoms with van der Waals surface area (Å²) >= 11 is 0. The van der Waals surface area contributed by atoms with Crippen LogP contribution in [0.2, 0.25) is 0 Å². The normalized spacial score (nSPS) is 11.3. The molecule has 0 N–H and O–H groups in total. The second kappa shape index (κ2) is 5.91. The zero-order valence-corrected chi connectivity index (χ0v) is 14.7. The molecule has 7 nitrogen and oxygen atoms in total. The van der Waals surface area contributed by atoms with Gasteiger partial charge in [-0.05, 0) is 43.3 Å². The standard InChI is InChI=1S/C20H15N5O2/c1-12-11-18-22-20(16-5-3-4-6-17(16)25(18)23-12)26-15-9-7-14(8-10-15)19-21-13(2)27-24-19/h3-11H,1-2H3. The van der Waals surface area contributed by atoms with E-state index >= 15 is 0 Å². The van der Waals surface area contributed by atoms with Gasteiger partial charge in [0.1, 0.15) is 5.75 Å². The Morgan fingerprint density at radius 3 is 2.56 bits per heavy atom. The van der Waals surface area contributed by atoms with Crippen LogP contribution in [0, 0.1) is 13.8 Å². The van der Waals surface area contributed by atoms with Gasteiger partial charge in [0.25, 0.3) is 0 Å². The van der Waals surface area contributed by atoms with Crippen LogP contribution < -0.4 is 4.74 Å². The lowest BCUT2D eigenvalue weighted by molar-refractivity contribution is 0.394.